The summed E-state index contributed by atoms with van der Waals surface area (Å²) >= 11 is 1.18. The van der Waals surface area contributed by atoms with Crippen LogP contribution in [0.3, 0.4) is 0 Å². The normalized spacial score (nSPS) is 15.7. The molecule has 5 rings (SSSR count). The van der Waals surface area contributed by atoms with Gasteiger partial charge >= 0.3 is 5.69 Å². The van der Waals surface area contributed by atoms with Gasteiger partial charge in [0.2, 0.25) is 0 Å². The van der Waals surface area contributed by atoms with Gasteiger partial charge in [-0.1, -0.05) is 11.8 Å². The lowest BCUT2D eigenvalue weighted by Gasteiger charge is -2.12. The zero-order chi connectivity index (χ0) is 22.4. The molecule has 2 fully saturated rings. The highest BCUT2D eigenvalue weighted by atomic mass is 32.2. The van der Waals surface area contributed by atoms with Gasteiger partial charge in [0.05, 0.1) is 25.5 Å². The molecule has 1 aromatic carbocycles. The molecular formula is C22H22N4O5S. The maximum Gasteiger partial charge on any atom is 0.330 e. The fourth-order valence-corrected chi connectivity index (χ4v) is 4.58. The number of rotatable bonds is 8. The molecule has 0 bridgehead atoms. The van der Waals surface area contributed by atoms with E-state index in [4.69, 9.17) is 9.47 Å². The minimum absolute atomic E-state index is 0.0480. The van der Waals surface area contributed by atoms with E-state index in [1.54, 1.807) is 29.9 Å². The summed E-state index contributed by atoms with van der Waals surface area (Å²) in [5.74, 6) is 1.77. The number of hydrogen-bond donors (Lipinski definition) is 1. The third-order valence-corrected chi connectivity index (χ3v) is 6.65. The molecule has 1 N–H and O–H groups in total. The highest BCUT2D eigenvalue weighted by Gasteiger charge is 2.32. The minimum atomic E-state index is -0.527. The Morgan fingerprint density at radius 1 is 1.16 bits per heavy atom. The Balaban J connectivity index is 1.53. The van der Waals surface area contributed by atoms with Crippen molar-refractivity contribution in [2.75, 3.05) is 20.0 Å². The Kier molecular flexibility index (Phi) is 5.24. The SMILES string of the molecule is COc1ccc(C(=O)CSc2nc(C3CC3)nc3c2c(=O)[nH]c(=O)n3C2CC2)c(OC)c1. The molecule has 0 unspecified atom stereocenters. The second-order valence-corrected chi connectivity index (χ2v) is 8.96. The number of benzene rings is 1. The van der Waals surface area contributed by atoms with Crippen molar-refractivity contribution < 1.29 is 14.3 Å². The molecule has 0 atom stereocenters. The number of carbonyl (C=O) groups excluding carboxylic acids is 1. The summed E-state index contributed by atoms with van der Waals surface area (Å²) in [4.78, 5) is 49.8. The van der Waals surface area contributed by atoms with Crippen molar-refractivity contribution in [3.8, 4) is 11.5 Å². The standard InChI is InChI=1S/C22H22N4O5S/c1-30-13-7-8-14(16(9-13)31-2)15(27)10-32-21-17-19(23-18(24-21)11-3-4-11)26(12-5-6-12)22(29)25-20(17)28/h7-9,11-12H,3-6,10H2,1-2H3,(H,25,28,29). The largest absolute Gasteiger partial charge is 0.497 e. The van der Waals surface area contributed by atoms with Crippen LogP contribution in [-0.4, -0.2) is 45.3 Å². The van der Waals surface area contributed by atoms with Gasteiger partial charge in [0.15, 0.2) is 11.4 Å². The molecule has 3 aromatic rings. The van der Waals surface area contributed by atoms with Gasteiger partial charge in [-0.3, -0.25) is 19.1 Å². The molecule has 0 radical (unpaired) electrons. The Bertz CT molecular complexity index is 1340. The first-order valence-corrected chi connectivity index (χ1v) is 11.4. The summed E-state index contributed by atoms with van der Waals surface area (Å²) in [7, 11) is 3.04. The smallest absolute Gasteiger partial charge is 0.330 e. The molecule has 0 aliphatic heterocycles. The molecule has 0 amide bonds. The first-order valence-electron chi connectivity index (χ1n) is 10.4. The van der Waals surface area contributed by atoms with Gasteiger partial charge in [-0.25, -0.2) is 14.8 Å². The van der Waals surface area contributed by atoms with Crippen molar-refractivity contribution in [3.63, 3.8) is 0 Å². The van der Waals surface area contributed by atoms with Gasteiger partial charge in [-0.05, 0) is 37.8 Å². The number of ether oxygens (including phenoxy) is 2. The summed E-state index contributed by atoms with van der Waals surface area (Å²) in [6, 6.07) is 5.06. The van der Waals surface area contributed by atoms with Gasteiger partial charge in [0.1, 0.15) is 27.7 Å². The number of aromatic amines is 1. The summed E-state index contributed by atoms with van der Waals surface area (Å²) < 4.78 is 12.1. The van der Waals surface area contributed by atoms with E-state index in [0.717, 1.165) is 25.7 Å². The molecule has 2 heterocycles. The highest BCUT2D eigenvalue weighted by Crippen LogP contribution is 2.41. The first-order chi connectivity index (χ1) is 15.5. The average Bonchev–Trinajstić information content (AvgIpc) is 3.69. The number of aromatic nitrogens is 4. The third kappa shape index (κ3) is 3.79. The molecule has 2 aliphatic carbocycles. The number of thioether (sulfide) groups is 1. The number of ketones is 1. The molecule has 32 heavy (non-hydrogen) atoms. The van der Waals surface area contributed by atoms with Crippen LogP contribution >= 0.6 is 11.8 Å². The Hall–Kier alpha value is -3.14. The van der Waals surface area contributed by atoms with Crippen molar-refractivity contribution >= 4 is 28.6 Å². The molecule has 10 heteroatoms. The maximum absolute atomic E-state index is 13.0. The van der Waals surface area contributed by atoms with Crippen LogP contribution in [0.15, 0.2) is 32.8 Å². The molecule has 9 nitrogen and oxygen atoms in total. The predicted molar refractivity (Wildman–Crippen MR) is 119 cm³/mol. The predicted octanol–water partition coefficient (Wildman–Crippen LogP) is 2.68. The summed E-state index contributed by atoms with van der Waals surface area (Å²) in [5.41, 5.74) is -0.179. The minimum Gasteiger partial charge on any atom is -0.497 e. The molecule has 2 aliphatic rings. The Labute approximate surface area is 187 Å². The average molecular weight is 455 g/mol. The maximum atomic E-state index is 13.0. The van der Waals surface area contributed by atoms with Crippen LogP contribution in [0.25, 0.3) is 11.0 Å². The van der Waals surface area contributed by atoms with Crippen molar-refractivity contribution in [1.82, 2.24) is 19.5 Å². The topological polar surface area (TPSA) is 116 Å². The lowest BCUT2D eigenvalue weighted by Crippen LogP contribution is -2.31. The second kappa shape index (κ2) is 8.09. The number of methoxy groups -OCH3 is 2. The van der Waals surface area contributed by atoms with Crippen molar-refractivity contribution in [2.45, 2.75) is 42.7 Å². The van der Waals surface area contributed by atoms with Gasteiger partial charge in [-0.2, -0.15) is 0 Å². The summed E-state index contributed by atoms with van der Waals surface area (Å²) in [5, 5.41) is 0.689. The fourth-order valence-electron chi connectivity index (χ4n) is 3.67. The van der Waals surface area contributed by atoms with Crippen LogP contribution in [0.2, 0.25) is 0 Å². The van der Waals surface area contributed by atoms with Crippen LogP contribution in [0.5, 0.6) is 11.5 Å². The third-order valence-electron chi connectivity index (χ3n) is 5.67. The van der Waals surface area contributed by atoms with Crippen molar-refractivity contribution in [3.05, 3.63) is 50.4 Å². The number of fused-ring (bicyclic) bond motifs is 1. The van der Waals surface area contributed by atoms with Gasteiger partial charge in [0, 0.05) is 18.0 Å². The quantitative estimate of drug-likeness (QED) is 0.314. The van der Waals surface area contributed by atoms with Crippen LogP contribution in [0.4, 0.5) is 0 Å². The van der Waals surface area contributed by atoms with E-state index in [1.165, 1.54) is 18.9 Å². The van der Waals surface area contributed by atoms with Crippen LogP contribution in [0, 0.1) is 0 Å². The second-order valence-electron chi connectivity index (χ2n) is 8.00. The van der Waals surface area contributed by atoms with Crippen LogP contribution in [-0.2, 0) is 0 Å². The summed E-state index contributed by atoms with van der Waals surface area (Å²) in [6.45, 7) is 0. The lowest BCUT2D eigenvalue weighted by molar-refractivity contribution is 0.101. The van der Waals surface area contributed by atoms with E-state index in [0.29, 0.717) is 33.6 Å². The molecule has 2 saturated carbocycles. The fraction of sp³-hybridized carbons (Fsp3) is 0.409. The van der Waals surface area contributed by atoms with E-state index in [-0.39, 0.29) is 28.9 Å². The zero-order valence-electron chi connectivity index (χ0n) is 17.7. The van der Waals surface area contributed by atoms with Crippen LogP contribution in [0.1, 0.15) is 53.8 Å². The molecule has 166 valence electrons. The lowest BCUT2D eigenvalue weighted by atomic mass is 10.1. The van der Waals surface area contributed by atoms with E-state index in [2.05, 4.69) is 15.0 Å². The number of hydrogen-bond acceptors (Lipinski definition) is 8. The number of H-pyrrole nitrogens is 1. The van der Waals surface area contributed by atoms with Crippen LogP contribution < -0.4 is 20.7 Å². The molecule has 0 saturated heterocycles. The van der Waals surface area contributed by atoms with E-state index < -0.39 is 11.2 Å². The first kappa shape index (κ1) is 20.7. The van der Waals surface area contributed by atoms with Crippen molar-refractivity contribution in [1.29, 1.82) is 0 Å². The highest BCUT2D eigenvalue weighted by molar-refractivity contribution is 8.00. The van der Waals surface area contributed by atoms with Gasteiger partial charge in [0.25, 0.3) is 5.56 Å². The Morgan fingerprint density at radius 3 is 2.59 bits per heavy atom. The molecule has 2 aromatic heterocycles. The number of nitrogens with zero attached hydrogens (tertiary/aromatic N) is 3. The monoisotopic (exact) mass is 454 g/mol. The zero-order valence-corrected chi connectivity index (χ0v) is 18.5. The van der Waals surface area contributed by atoms with E-state index in [9.17, 15) is 14.4 Å². The van der Waals surface area contributed by atoms with Gasteiger partial charge < -0.3 is 9.47 Å². The van der Waals surface area contributed by atoms with E-state index in [1.807, 2.05) is 0 Å². The number of Topliss-reactive ketones (excluding diaryl/α,β-unsaturated/α-hetero) is 1. The molecule has 0 spiro atoms. The van der Waals surface area contributed by atoms with Gasteiger partial charge in [-0.15, -0.1) is 0 Å². The molecular weight excluding hydrogens is 432 g/mol. The number of nitrogens with one attached hydrogen (secondary N) is 1. The summed E-state index contributed by atoms with van der Waals surface area (Å²) in [6.07, 6.45) is 3.72. The van der Waals surface area contributed by atoms with E-state index >= 15 is 0 Å². The number of carbonyl (C=O) groups is 1. The van der Waals surface area contributed by atoms with Crippen molar-refractivity contribution in [2.24, 2.45) is 0 Å². The Morgan fingerprint density at radius 2 is 1.94 bits per heavy atom.